The van der Waals surface area contributed by atoms with Crippen LogP contribution in [-0.2, 0) is 17.8 Å². The Labute approximate surface area is 171 Å². The Kier molecular flexibility index (Phi) is 5.94. The molecule has 7 heteroatoms. The number of benzene rings is 1. The van der Waals surface area contributed by atoms with Gasteiger partial charge >= 0.3 is 0 Å². The first kappa shape index (κ1) is 19.6. The maximum absolute atomic E-state index is 12.9. The number of hydrogen-bond acceptors (Lipinski definition) is 6. The first-order chi connectivity index (χ1) is 14.1. The zero-order chi connectivity index (χ0) is 20.2. The van der Waals surface area contributed by atoms with E-state index in [4.69, 9.17) is 14.5 Å². The number of carbonyl (C=O) groups excluding carboxylic acids is 1. The molecule has 2 atom stereocenters. The van der Waals surface area contributed by atoms with Crippen LogP contribution >= 0.6 is 0 Å². The molecule has 7 nitrogen and oxygen atoms in total. The number of rotatable bonds is 5. The highest BCUT2D eigenvalue weighted by Gasteiger charge is 2.28. The van der Waals surface area contributed by atoms with Crippen molar-refractivity contribution in [3.63, 3.8) is 0 Å². The summed E-state index contributed by atoms with van der Waals surface area (Å²) in [5.74, 6) is 2.18. The van der Waals surface area contributed by atoms with E-state index in [1.54, 1.807) is 20.1 Å². The van der Waals surface area contributed by atoms with Crippen molar-refractivity contribution in [1.29, 1.82) is 0 Å². The van der Waals surface area contributed by atoms with Crippen LogP contribution in [0.5, 0.6) is 11.5 Å². The Bertz CT molecular complexity index is 867. The Balaban J connectivity index is 1.40. The lowest BCUT2D eigenvalue weighted by atomic mass is 10.0. The molecule has 2 aliphatic rings. The lowest BCUT2D eigenvalue weighted by Gasteiger charge is -2.31. The van der Waals surface area contributed by atoms with Crippen molar-refractivity contribution in [2.45, 2.75) is 51.3 Å². The molecule has 1 amide bonds. The maximum Gasteiger partial charge on any atom is 0.263 e. The highest BCUT2D eigenvalue weighted by atomic mass is 16.5. The number of fused-ring (bicyclic) bond motifs is 1. The predicted octanol–water partition coefficient (Wildman–Crippen LogP) is 2.65. The van der Waals surface area contributed by atoms with E-state index in [1.807, 2.05) is 29.3 Å². The third-order valence-corrected chi connectivity index (χ3v) is 5.59. The highest BCUT2D eigenvalue weighted by Crippen LogP contribution is 2.24. The second-order valence-corrected chi connectivity index (χ2v) is 7.65. The molecule has 1 aromatic carbocycles. The van der Waals surface area contributed by atoms with E-state index in [0.29, 0.717) is 24.6 Å². The molecule has 1 N–H and O–H groups in total. The molecule has 0 saturated carbocycles. The summed E-state index contributed by atoms with van der Waals surface area (Å²) in [5, 5.41) is 3.50. The summed E-state index contributed by atoms with van der Waals surface area (Å²) in [6, 6.07) is 7.55. The van der Waals surface area contributed by atoms with Crippen LogP contribution in [0, 0.1) is 0 Å². The van der Waals surface area contributed by atoms with Crippen molar-refractivity contribution in [3.05, 3.63) is 47.5 Å². The van der Waals surface area contributed by atoms with Gasteiger partial charge in [0.15, 0.2) is 6.10 Å². The fourth-order valence-electron chi connectivity index (χ4n) is 3.95. The molecule has 154 valence electrons. The SMILES string of the molecule is COc1cccc(O[C@H](C)C(=O)N2CCc3nc([C@H]4CCCCN4)ncc3C2)c1. The molecule has 1 aromatic heterocycles. The van der Waals surface area contributed by atoms with E-state index in [-0.39, 0.29) is 11.9 Å². The summed E-state index contributed by atoms with van der Waals surface area (Å²) in [5.41, 5.74) is 2.09. The zero-order valence-corrected chi connectivity index (χ0v) is 17.1. The van der Waals surface area contributed by atoms with E-state index < -0.39 is 6.10 Å². The topological polar surface area (TPSA) is 76.6 Å². The van der Waals surface area contributed by atoms with E-state index >= 15 is 0 Å². The Hall–Kier alpha value is -2.67. The average Bonchev–Trinajstić information content (AvgIpc) is 2.78. The molecule has 1 saturated heterocycles. The van der Waals surface area contributed by atoms with Crippen molar-refractivity contribution in [2.24, 2.45) is 0 Å². The Morgan fingerprint density at radius 1 is 1.31 bits per heavy atom. The van der Waals surface area contributed by atoms with Gasteiger partial charge in [-0.25, -0.2) is 9.97 Å². The number of piperidine rings is 1. The van der Waals surface area contributed by atoms with E-state index in [2.05, 4.69) is 10.3 Å². The number of methoxy groups -OCH3 is 1. The van der Waals surface area contributed by atoms with Crippen molar-refractivity contribution in [3.8, 4) is 11.5 Å². The van der Waals surface area contributed by atoms with Crippen LogP contribution in [0.1, 0.15) is 49.3 Å². The molecule has 0 bridgehead atoms. The van der Waals surface area contributed by atoms with E-state index in [1.165, 1.54) is 12.8 Å². The van der Waals surface area contributed by atoms with Crippen LogP contribution in [0.15, 0.2) is 30.5 Å². The van der Waals surface area contributed by atoms with Gasteiger partial charge < -0.3 is 19.7 Å². The van der Waals surface area contributed by atoms with Gasteiger partial charge in [0, 0.05) is 37.3 Å². The Morgan fingerprint density at radius 2 is 2.17 bits per heavy atom. The third kappa shape index (κ3) is 4.50. The molecular formula is C22H28N4O3. The smallest absolute Gasteiger partial charge is 0.263 e. The fraction of sp³-hybridized carbons (Fsp3) is 0.500. The monoisotopic (exact) mass is 396 g/mol. The van der Waals surface area contributed by atoms with Gasteiger partial charge in [-0.05, 0) is 38.4 Å². The predicted molar refractivity (Wildman–Crippen MR) is 109 cm³/mol. The number of nitrogens with zero attached hydrogens (tertiary/aromatic N) is 3. The van der Waals surface area contributed by atoms with Crippen LogP contribution < -0.4 is 14.8 Å². The van der Waals surface area contributed by atoms with Crippen LogP contribution in [0.2, 0.25) is 0 Å². The van der Waals surface area contributed by atoms with Gasteiger partial charge in [-0.15, -0.1) is 0 Å². The molecule has 0 aliphatic carbocycles. The standard InChI is InChI=1S/C22H28N4O3/c1-15(29-18-7-5-6-17(12-18)28-2)22(27)26-11-9-19-16(14-26)13-24-21(25-19)20-8-3-4-10-23-20/h5-7,12-13,15,20,23H,3-4,8-11,14H2,1-2H3/t15-,20-/m1/s1. The van der Waals surface area contributed by atoms with Crippen LogP contribution in [-0.4, -0.2) is 47.1 Å². The van der Waals surface area contributed by atoms with E-state index in [9.17, 15) is 4.79 Å². The zero-order valence-electron chi connectivity index (χ0n) is 17.1. The lowest BCUT2D eigenvalue weighted by molar-refractivity contribution is -0.138. The third-order valence-electron chi connectivity index (χ3n) is 5.59. The minimum atomic E-state index is -0.574. The molecule has 0 spiro atoms. The van der Waals surface area contributed by atoms with Crippen LogP contribution in [0.3, 0.4) is 0 Å². The molecule has 1 fully saturated rings. The summed E-state index contributed by atoms with van der Waals surface area (Å²) in [4.78, 5) is 24.1. The van der Waals surface area contributed by atoms with Crippen molar-refractivity contribution >= 4 is 5.91 Å². The molecule has 0 radical (unpaired) electrons. The van der Waals surface area contributed by atoms with Gasteiger partial charge in [0.2, 0.25) is 0 Å². The van der Waals surface area contributed by atoms with E-state index in [0.717, 1.165) is 36.5 Å². The van der Waals surface area contributed by atoms with Gasteiger partial charge in [0.05, 0.1) is 18.8 Å². The second-order valence-electron chi connectivity index (χ2n) is 7.65. The summed E-state index contributed by atoms with van der Waals surface area (Å²) in [6.07, 6.45) is 5.58. The molecule has 29 heavy (non-hydrogen) atoms. The second kappa shape index (κ2) is 8.78. The molecule has 2 aromatic rings. The van der Waals surface area contributed by atoms with Gasteiger partial charge in [0.25, 0.3) is 5.91 Å². The van der Waals surface area contributed by atoms with Gasteiger partial charge in [-0.3, -0.25) is 4.79 Å². The fourth-order valence-corrected chi connectivity index (χ4v) is 3.95. The number of nitrogens with one attached hydrogen (secondary N) is 1. The molecule has 0 unspecified atom stereocenters. The number of ether oxygens (including phenoxy) is 2. The Morgan fingerprint density at radius 3 is 2.97 bits per heavy atom. The largest absolute Gasteiger partial charge is 0.497 e. The molecule has 3 heterocycles. The molecule has 4 rings (SSSR count). The summed E-state index contributed by atoms with van der Waals surface area (Å²) >= 11 is 0. The summed E-state index contributed by atoms with van der Waals surface area (Å²) < 4.78 is 11.1. The maximum atomic E-state index is 12.9. The lowest BCUT2D eigenvalue weighted by Crippen LogP contribution is -2.43. The van der Waals surface area contributed by atoms with Crippen molar-refractivity contribution in [1.82, 2.24) is 20.2 Å². The quantitative estimate of drug-likeness (QED) is 0.837. The summed E-state index contributed by atoms with van der Waals surface area (Å²) in [6.45, 7) is 3.98. The number of hydrogen-bond donors (Lipinski definition) is 1. The first-order valence-electron chi connectivity index (χ1n) is 10.3. The van der Waals surface area contributed by atoms with Gasteiger partial charge in [-0.2, -0.15) is 0 Å². The molecular weight excluding hydrogens is 368 g/mol. The minimum Gasteiger partial charge on any atom is -0.497 e. The average molecular weight is 396 g/mol. The van der Waals surface area contributed by atoms with Crippen LogP contribution in [0.25, 0.3) is 0 Å². The first-order valence-corrected chi connectivity index (χ1v) is 10.3. The van der Waals surface area contributed by atoms with Gasteiger partial charge in [-0.1, -0.05) is 12.5 Å². The number of aromatic nitrogens is 2. The number of carbonyl (C=O) groups is 1. The highest BCUT2D eigenvalue weighted by molar-refractivity contribution is 5.81. The number of amides is 1. The minimum absolute atomic E-state index is 0.0310. The van der Waals surface area contributed by atoms with Crippen LogP contribution in [0.4, 0.5) is 0 Å². The van der Waals surface area contributed by atoms with Crippen molar-refractivity contribution in [2.75, 3.05) is 20.2 Å². The molecule has 2 aliphatic heterocycles. The van der Waals surface area contributed by atoms with Gasteiger partial charge in [0.1, 0.15) is 17.3 Å². The summed E-state index contributed by atoms with van der Waals surface area (Å²) in [7, 11) is 1.61. The normalized spacial score (nSPS) is 19.9. The van der Waals surface area contributed by atoms with Crippen molar-refractivity contribution < 1.29 is 14.3 Å².